The number of nitrogens with two attached hydrogens (primary N) is 1. The topological polar surface area (TPSA) is 26.0 Å². The maximum absolute atomic E-state index is 6.06. The van der Waals surface area contributed by atoms with Crippen LogP contribution in [0.2, 0.25) is 0 Å². The van der Waals surface area contributed by atoms with Gasteiger partial charge in [0.1, 0.15) is 0 Å². The fourth-order valence-corrected chi connectivity index (χ4v) is 6.64. The van der Waals surface area contributed by atoms with Gasteiger partial charge in [0.2, 0.25) is 0 Å². The van der Waals surface area contributed by atoms with Gasteiger partial charge in [-0.25, -0.2) is 0 Å². The summed E-state index contributed by atoms with van der Waals surface area (Å²) in [6.07, 6.45) is 16.9. The number of unbranched alkanes of at least 4 members (excludes halogenated alkanes) is 1. The van der Waals surface area contributed by atoms with Crippen LogP contribution in [-0.4, -0.2) is 0 Å². The van der Waals surface area contributed by atoms with Crippen molar-refractivity contribution in [1.82, 2.24) is 0 Å². The Balaban J connectivity index is 0.000000332. The average Bonchev–Trinajstić information content (AvgIpc) is 3.26. The number of allylic oxidation sites excluding steroid dienone is 12. The Kier molecular flexibility index (Phi) is 23.3. The first kappa shape index (κ1) is 51.2. The van der Waals surface area contributed by atoms with Gasteiger partial charge in [-0.05, 0) is 142 Å². The van der Waals surface area contributed by atoms with Crippen LogP contribution in [0.1, 0.15) is 126 Å². The van der Waals surface area contributed by atoms with Gasteiger partial charge in [0.25, 0.3) is 0 Å². The molecule has 5 rings (SSSR count). The highest BCUT2D eigenvalue weighted by Gasteiger charge is 2.10. The molecule has 0 spiro atoms. The zero-order valence-electron chi connectivity index (χ0n) is 39.9. The van der Waals surface area contributed by atoms with E-state index in [0.29, 0.717) is 0 Å². The van der Waals surface area contributed by atoms with Crippen LogP contribution in [0.5, 0.6) is 0 Å². The number of rotatable bonds is 12. The molecule has 0 aliphatic heterocycles. The molecule has 320 valence electrons. The molecule has 0 aromatic heterocycles. The second-order valence-electron chi connectivity index (χ2n) is 15.5. The molecule has 1 nitrogen and oxygen atoms in total. The molecule has 5 aromatic carbocycles. The zero-order chi connectivity index (χ0) is 45.3. The molecule has 0 heterocycles. The Morgan fingerprint density at radius 3 is 1.74 bits per heavy atom. The lowest BCUT2D eigenvalue weighted by atomic mass is 9.91. The van der Waals surface area contributed by atoms with E-state index in [2.05, 4.69) is 221 Å². The van der Waals surface area contributed by atoms with Crippen molar-refractivity contribution in [3.05, 3.63) is 225 Å². The lowest BCUT2D eigenvalue weighted by molar-refractivity contribution is 0.959. The van der Waals surface area contributed by atoms with Crippen LogP contribution >= 0.6 is 0 Å². The fraction of sp³-hybridized carbons (Fsp3) is 0.267. The molecule has 0 saturated carbocycles. The third-order valence-corrected chi connectivity index (χ3v) is 10.3. The predicted molar refractivity (Wildman–Crippen MR) is 276 cm³/mol. The van der Waals surface area contributed by atoms with Gasteiger partial charge < -0.3 is 5.73 Å². The van der Waals surface area contributed by atoms with Gasteiger partial charge in [-0.1, -0.05) is 215 Å². The molecule has 1 heteroatoms. The van der Waals surface area contributed by atoms with E-state index in [1.807, 2.05) is 33.8 Å². The van der Waals surface area contributed by atoms with E-state index in [9.17, 15) is 0 Å². The average molecular weight is 810 g/mol. The van der Waals surface area contributed by atoms with Crippen molar-refractivity contribution in [2.24, 2.45) is 5.73 Å². The summed E-state index contributed by atoms with van der Waals surface area (Å²) in [4.78, 5) is 0. The van der Waals surface area contributed by atoms with Crippen molar-refractivity contribution in [1.29, 1.82) is 0 Å². The van der Waals surface area contributed by atoms with Crippen LogP contribution in [0.4, 0.5) is 0 Å². The Bertz CT molecular complexity index is 2280. The van der Waals surface area contributed by atoms with Gasteiger partial charge in [-0.15, -0.1) is 0 Å². The number of benzene rings is 5. The molecule has 0 saturated heterocycles. The second-order valence-corrected chi connectivity index (χ2v) is 15.5. The number of aryl methyl sites for hydroxylation is 4. The lowest BCUT2D eigenvalue weighted by Gasteiger charge is -2.15. The van der Waals surface area contributed by atoms with Gasteiger partial charge in [0, 0.05) is 11.3 Å². The molecule has 0 atom stereocenters. The Morgan fingerprint density at radius 2 is 1.20 bits per heavy atom. The monoisotopic (exact) mass is 810 g/mol. The molecular formula is C60H75N. The van der Waals surface area contributed by atoms with E-state index in [-0.39, 0.29) is 0 Å². The van der Waals surface area contributed by atoms with Crippen molar-refractivity contribution in [3.8, 4) is 11.1 Å². The second kappa shape index (κ2) is 27.8. The highest BCUT2D eigenvalue weighted by Crippen LogP contribution is 2.30. The quantitative estimate of drug-likeness (QED) is 0.125. The Labute approximate surface area is 372 Å². The van der Waals surface area contributed by atoms with Gasteiger partial charge in [0.05, 0.1) is 0 Å². The van der Waals surface area contributed by atoms with E-state index in [0.717, 1.165) is 29.7 Å². The summed E-state index contributed by atoms with van der Waals surface area (Å²) in [5, 5.41) is 0. The molecule has 0 aliphatic rings. The molecule has 0 amide bonds. The van der Waals surface area contributed by atoms with Gasteiger partial charge >= 0.3 is 0 Å². The van der Waals surface area contributed by atoms with E-state index in [4.69, 9.17) is 5.73 Å². The summed E-state index contributed by atoms with van der Waals surface area (Å²) in [5.74, 6) is 0. The van der Waals surface area contributed by atoms with Crippen molar-refractivity contribution in [3.63, 3.8) is 0 Å². The minimum absolute atomic E-state index is 0.844. The lowest BCUT2D eigenvalue weighted by Crippen LogP contribution is -2.01. The molecule has 0 bridgehead atoms. The van der Waals surface area contributed by atoms with Crippen LogP contribution in [0.3, 0.4) is 0 Å². The Hall–Kier alpha value is -5.92. The van der Waals surface area contributed by atoms with E-state index < -0.39 is 0 Å². The van der Waals surface area contributed by atoms with Gasteiger partial charge in [0.15, 0.2) is 0 Å². The fourth-order valence-electron chi connectivity index (χ4n) is 6.64. The Morgan fingerprint density at radius 1 is 0.607 bits per heavy atom. The number of hydrogen-bond acceptors (Lipinski definition) is 1. The van der Waals surface area contributed by atoms with E-state index >= 15 is 0 Å². The normalized spacial score (nSPS) is 12.3. The largest absolute Gasteiger partial charge is 0.402 e. The number of hydrogen-bond donors (Lipinski definition) is 1. The molecule has 0 fully saturated rings. The molecule has 5 aromatic rings. The molecule has 0 unspecified atom stereocenters. The maximum Gasteiger partial charge on any atom is 0.0131 e. The summed E-state index contributed by atoms with van der Waals surface area (Å²) in [6.45, 7) is 31.2. The smallest absolute Gasteiger partial charge is 0.0131 e. The van der Waals surface area contributed by atoms with Gasteiger partial charge in [-0.2, -0.15) is 0 Å². The van der Waals surface area contributed by atoms with Crippen molar-refractivity contribution < 1.29 is 0 Å². The maximum atomic E-state index is 6.06. The third-order valence-electron chi connectivity index (χ3n) is 10.3. The molecule has 2 N–H and O–H groups in total. The summed E-state index contributed by atoms with van der Waals surface area (Å²) < 4.78 is 0. The van der Waals surface area contributed by atoms with Gasteiger partial charge in [-0.3, -0.25) is 0 Å². The molecule has 61 heavy (non-hydrogen) atoms. The van der Waals surface area contributed by atoms with Crippen molar-refractivity contribution in [2.45, 2.75) is 109 Å². The van der Waals surface area contributed by atoms with Crippen LogP contribution in [-0.2, 0) is 0 Å². The van der Waals surface area contributed by atoms with Crippen LogP contribution < -0.4 is 5.73 Å². The van der Waals surface area contributed by atoms with Crippen molar-refractivity contribution >= 4 is 22.8 Å². The minimum atomic E-state index is 0.844. The van der Waals surface area contributed by atoms with Crippen LogP contribution in [0, 0.1) is 27.7 Å². The first-order chi connectivity index (χ1) is 29.3. The summed E-state index contributed by atoms with van der Waals surface area (Å²) in [7, 11) is 0. The summed E-state index contributed by atoms with van der Waals surface area (Å²) in [6, 6.07) is 42.9. The standard InChI is InChI=1S/C28H34.C17H23N.C13H12.C2H6/c1-6-9-10-15-26(12-7-2)28-21-27(18-16-23(28)5)25(8-3)19-17-24-14-11-13-22(4)20-24;1-11(2)13(4)14(5)17(15(6)18)16-9-7-12(3)8-10-16;1-11-7-9-13(10-8-11)12-5-3-2-4-6-12;1-2/h8,10-21H,6-7,9H2,1-5H3;7-10H,1,18H2,2-6H3;2-10H,1H3;1-2H3/b15-10-,19-17-,25-8+,26-12-;14-13-,17-15+;;. The SMILES string of the molecule is C/C=C(\C=C/c1cccc(C)c1)c1ccc(C)c(C(/C=C\CCC)=C\CC)c1.C=C(C)/C(C)=C(C)\C(=C(\C)N)c1ccc(C)cc1.CC.Cc1ccc(-c2ccccc2)cc1. The van der Waals surface area contributed by atoms with E-state index in [1.165, 1.54) is 84.3 Å². The van der Waals surface area contributed by atoms with E-state index in [1.54, 1.807) is 0 Å². The van der Waals surface area contributed by atoms with Crippen molar-refractivity contribution in [2.75, 3.05) is 0 Å². The third kappa shape index (κ3) is 17.3. The minimum Gasteiger partial charge on any atom is -0.402 e. The molecule has 0 radical (unpaired) electrons. The molecular weight excluding hydrogens is 735 g/mol. The highest BCUT2D eigenvalue weighted by atomic mass is 14.6. The highest BCUT2D eigenvalue weighted by molar-refractivity contribution is 5.84. The first-order valence-corrected chi connectivity index (χ1v) is 22.2. The summed E-state index contributed by atoms with van der Waals surface area (Å²) >= 11 is 0. The first-order valence-electron chi connectivity index (χ1n) is 22.2. The molecule has 0 aliphatic carbocycles. The predicted octanol–water partition coefficient (Wildman–Crippen LogP) is 17.9. The van der Waals surface area contributed by atoms with Crippen LogP contribution in [0.25, 0.3) is 33.9 Å². The zero-order valence-corrected chi connectivity index (χ0v) is 39.9. The summed E-state index contributed by atoms with van der Waals surface area (Å²) in [5.41, 5.74) is 26.8. The van der Waals surface area contributed by atoms with Crippen LogP contribution in [0.15, 0.2) is 181 Å².